The SMILES string of the molecule is CC(C)(c1ccccc1)c1cc(Cc2cc(C(C)(C)c3ccccc3)cc(-n3nnc4ccccc43)c2O)c(O)c(-n2nnc3ccccc32)c1. The van der Waals surface area contributed by atoms with E-state index in [1.807, 2.05) is 109 Å². The number of hydrogen-bond acceptors (Lipinski definition) is 6. The first-order valence-corrected chi connectivity index (χ1v) is 17.1. The summed E-state index contributed by atoms with van der Waals surface area (Å²) in [6.45, 7) is 8.71. The summed E-state index contributed by atoms with van der Waals surface area (Å²) in [6, 6.07) is 44.1. The fourth-order valence-corrected chi connectivity index (χ4v) is 7.01. The van der Waals surface area contributed by atoms with Gasteiger partial charge in [-0.3, -0.25) is 0 Å². The van der Waals surface area contributed by atoms with Gasteiger partial charge in [-0.05, 0) is 58.7 Å². The second-order valence-electron chi connectivity index (χ2n) is 14.1. The van der Waals surface area contributed by atoms with Crippen LogP contribution in [-0.4, -0.2) is 40.2 Å². The lowest BCUT2D eigenvalue weighted by Crippen LogP contribution is -2.20. The van der Waals surface area contributed by atoms with Gasteiger partial charge in [0.1, 0.15) is 33.9 Å². The second kappa shape index (κ2) is 12.2. The smallest absolute Gasteiger partial charge is 0.144 e. The van der Waals surface area contributed by atoms with E-state index in [0.29, 0.717) is 22.5 Å². The van der Waals surface area contributed by atoms with Gasteiger partial charge >= 0.3 is 0 Å². The number of phenols is 2. The van der Waals surface area contributed by atoms with Crippen LogP contribution < -0.4 is 0 Å². The molecule has 0 fully saturated rings. The lowest BCUT2D eigenvalue weighted by Gasteiger charge is -2.29. The third-order valence-corrected chi connectivity index (χ3v) is 10.3. The van der Waals surface area contributed by atoms with Crippen molar-refractivity contribution in [1.82, 2.24) is 30.0 Å². The van der Waals surface area contributed by atoms with Crippen LogP contribution in [0.2, 0.25) is 0 Å². The van der Waals surface area contributed by atoms with Crippen LogP contribution in [0.25, 0.3) is 33.4 Å². The molecule has 0 aliphatic rings. The molecule has 0 bridgehead atoms. The number of rotatable bonds is 8. The normalized spacial score (nSPS) is 12.2. The quantitative estimate of drug-likeness (QED) is 0.168. The molecule has 0 saturated heterocycles. The van der Waals surface area contributed by atoms with Crippen molar-refractivity contribution in [3.63, 3.8) is 0 Å². The molecule has 0 spiro atoms. The molecule has 8 heteroatoms. The molecule has 0 aliphatic carbocycles. The highest BCUT2D eigenvalue weighted by Gasteiger charge is 2.30. The first-order valence-electron chi connectivity index (χ1n) is 17.1. The predicted molar refractivity (Wildman–Crippen MR) is 201 cm³/mol. The molecule has 8 aromatic rings. The standard InChI is InChI=1S/C43H38N6O2/c1-42(2,30-15-7-5-8-16-30)32-24-28(40(50)38(26-32)48-36-21-13-11-19-34(36)44-46-48)23-29-25-33(43(3,4)31-17-9-6-10-18-31)27-39(41(29)51)49-37-22-14-12-20-35(37)45-47-49/h5-22,24-27,50-51H,23H2,1-4H3. The Morgan fingerprint density at radius 3 is 1.25 bits per heavy atom. The highest BCUT2D eigenvalue weighted by Crippen LogP contribution is 2.42. The van der Waals surface area contributed by atoms with E-state index in [1.165, 1.54) is 0 Å². The van der Waals surface area contributed by atoms with Crippen LogP contribution in [-0.2, 0) is 17.3 Å². The summed E-state index contributed by atoms with van der Waals surface area (Å²) in [6.07, 6.45) is 0.231. The van der Waals surface area contributed by atoms with E-state index in [2.05, 4.69) is 72.6 Å². The van der Waals surface area contributed by atoms with E-state index in [0.717, 1.165) is 44.3 Å². The fourth-order valence-electron chi connectivity index (χ4n) is 7.01. The molecule has 2 aromatic heterocycles. The minimum atomic E-state index is -0.432. The zero-order valence-corrected chi connectivity index (χ0v) is 29.0. The average Bonchev–Trinajstić information content (AvgIpc) is 3.79. The predicted octanol–water partition coefficient (Wildman–Crippen LogP) is 8.81. The van der Waals surface area contributed by atoms with Crippen LogP contribution in [0.5, 0.6) is 11.5 Å². The van der Waals surface area contributed by atoms with Crippen molar-refractivity contribution in [2.75, 3.05) is 0 Å². The highest BCUT2D eigenvalue weighted by atomic mass is 16.3. The average molecular weight is 671 g/mol. The molecule has 0 saturated carbocycles. The molecule has 6 aromatic carbocycles. The zero-order chi connectivity index (χ0) is 35.3. The van der Waals surface area contributed by atoms with Gasteiger partial charge in [-0.2, -0.15) is 0 Å². The number of benzene rings is 6. The first-order chi connectivity index (χ1) is 24.6. The summed E-state index contributed by atoms with van der Waals surface area (Å²) < 4.78 is 3.39. The van der Waals surface area contributed by atoms with Gasteiger partial charge in [0.25, 0.3) is 0 Å². The van der Waals surface area contributed by atoms with Crippen LogP contribution in [0.3, 0.4) is 0 Å². The molecular weight excluding hydrogens is 633 g/mol. The Hall–Kier alpha value is -6.28. The van der Waals surface area contributed by atoms with Gasteiger partial charge in [0.15, 0.2) is 0 Å². The molecule has 252 valence electrons. The highest BCUT2D eigenvalue weighted by molar-refractivity contribution is 5.78. The Balaban J connectivity index is 1.35. The summed E-state index contributed by atoms with van der Waals surface area (Å²) in [5.41, 5.74) is 8.70. The number of aromatic nitrogens is 6. The fraction of sp³-hybridized carbons (Fsp3) is 0.163. The van der Waals surface area contributed by atoms with Crippen LogP contribution in [0.4, 0.5) is 0 Å². The molecule has 0 unspecified atom stereocenters. The molecular formula is C43H38N6O2. The third kappa shape index (κ3) is 5.49. The molecule has 0 atom stereocenters. The second-order valence-corrected chi connectivity index (χ2v) is 14.1. The summed E-state index contributed by atoms with van der Waals surface area (Å²) in [7, 11) is 0. The van der Waals surface area contributed by atoms with E-state index in [9.17, 15) is 10.2 Å². The summed E-state index contributed by atoms with van der Waals surface area (Å²) >= 11 is 0. The van der Waals surface area contributed by atoms with E-state index in [4.69, 9.17) is 0 Å². The van der Waals surface area contributed by atoms with Gasteiger partial charge in [-0.15, -0.1) is 10.2 Å². The number of fused-ring (bicyclic) bond motifs is 2. The largest absolute Gasteiger partial charge is 0.505 e. The van der Waals surface area contributed by atoms with E-state index in [1.54, 1.807) is 9.36 Å². The monoisotopic (exact) mass is 670 g/mol. The summed E-state index contributed by atoms with van der Waals surface area (Å²) in [5, 5.41) is 42.0. The Morgan fingerprint density at radius 1 is 0.471 bits per heavy atom. The zero-order valence-electron chi connectivity index (χ0n) is 29.0. The number of para-hydroxylation sites is 2. The number of nitrogens with zero attached hydrogens (tertiary/aromatic N) is 6. The van der Waals surface area contributed by atoms with Crippen molar-refractivity contribution < 1.29 is 10.2 Å². The summed E-state index contributed by atoms with van der Waals surface area (Å²) in [4.78, 5) is 0. The Bertz CT molecular complexity index is 2360. The maximum atomic E-state index is 12.1. The van der Waals surface area contributed by atoms with Gasteiger partial charge in [-0.25, -0.2) is 9.36 Å². The molecule has 2 heterocycles. The van der Waals surface area contributed by atoms with Crippen molar-refractivity contribution in [3.05, 3.63) is 167 Å². The van der Waals surface area contributed by atoms with Gasteiger partial charge < -0.3 is 10.2 Å². The van der Waals surface area contributed by atoms with Gasteiger partial charge in [0, 0.05) is 28.4 Å². The Morgan fingerprint density at radius 2 is 0.843 bits per heavy atom. The maximum Gasteiger partial charge on any atom is 0.144 e. The lowest BCUT2D eigenvalue weighted by atomic mass is 9.76. The Labute approximate surface area is 296 Å². The van der Waals surface area contributed by atoms with Crippen LogP contribution in [0, 0.1) is 0 Å². The van der Waals surface area contributed by atoms with Gasteiger partial charge in [-0.1, -0.05) is 135 Å². The third-order valence-electron chi connectivity index (χ3n) is 10.3. The Kier molecular flexibility index (Phi) is 7.67. The molecule has 8 rings (SSSR count). The van der Waals surface area contributed by atoms with Crippen molar-refractivity contribution in [2.24, 2.45) is 0 Å². The molecule has 2 N–H and O–H groups in total. The van der Waals surface area contributed by atoms with E-state index < -0.39 is 10.8 Å². The molecule has 0 aliphatic heterocycles. The van der Waals surface area contributed by atoms with Crippen molar-refractivity contribution in [2.45, 2.75) is 44.9 Å². The molecule has 0 amide bonds. The van der Waals surface area contributed by atoms with Crippen LogP contribution >= 0.6 is 0 Å². The van der Waals surface area contributed by atoms with Gasteiger partial charge in [0.05, 0.1) is 11.0 Å². The molecule has 0 radical (unpaired) electrons. The van der Waals surface area contributed by atoms with Crippen molar-refractivity contribution in [3.8, 4) is 22.9 Å². The molecule has 51 heavy (non-hydrogen) atoms. The number of aromatic hydroxyl groups is 2. The maximum absolute atomic E-state index is 12.1. The number of phenolic OH excluding ortho intramolecular Hbond substituents is 2. The summed E-state index contributed by atoms with van der Waals surface area (Å²) in [5.74, 6) is 0.135. The number of hydrogen-bond donors (Lipinski definition) is 2. The van der Waals surface area contributed by atoms with Crippen LogP contribution in [0.1, 0.15) is 61.1 Å². The minimum Gasteiger partial charge on any atom is -0.505 e. The van der Waals surface area contributed by atoms with Crippen molar-refractivity contribution in [1.29, 1.82) is 0 Å². The van der Waals surface area contributed by atoms with Crippen LogP contribution in [0.15, 0.2) is 133 Å². The van der Waals surface area contributed by atoms with E-state index in [-0.39, 0.29) is 17.9 Å². The lowest BCUT2D eigenvalue weighted by molar-refractivity contribution is 0.456. The van der Waals surface area contributed by atoms with Crippen molar-refractivity contribution >= 4 is 22.1 Å². The molecule has 8 nitrogen and oxygen atoms in total. The van der Waals surface area contributed by atoms with Gasteiger partial charge in [0.2, 0.25) is 0 Å². The minimum absolute atomic E-state index is 0.0677. The first kappa shape index (κ1) is 32.0. The topological polar surface area (TPSA) is 102 Å². The van der Waals surface area contributed by atoms with E-state index >= 15 is 0 Å².